The topological polar surface area (TPSA) is 124 Å². The molecule has 1 atom stereocenters. The van der Waals surface area contributed by atoms with Crippen molar-refractivity contribution < 1.29 is 40.6 Å². The van der Waals surface area contributed by atoms with E-state index in [0.717, 1.165) is 24.3 Å². The van der Waals surface area contributed by atoms with E-state index in [1.54, 1.807) is 0 Å². The van der Waals surface area contributed by atoms with Gasteiger partial charge in [0.15, 0.2) is 0 Å². The number of halogens is 3. The first-order valence-corrected chi connectivity index (χ1v) is 6.98. The maximum Gasteiger partial charge on any atom is 0.426 e. The molecule has 1 aromatic carbocycles. The van der Waals surface area contributed by atoms with E-state index in [0.29, 0.717) is 0 Å². The summed E-state index contributed by atoms with van der Waals surface area (Å²) < 4.78 is 71.1. The molecule has 22 heavy (non-hydrogen) atoms. The number of ether oxygens (including phenoxy) is 1. The molecule has 0 radical (unpaired) electrons. The Morgan fingerprint density at radius 3 is 2.18 bits per heavy atom. The summed E-state index contributed by atoms with van der Waals surface area (Å²) in [5.41, 5.74) is -0.850. The Balaban J connectivity index is 2.93. The molecule has 122 valence electrons. The number of hydrogen-bond acceptors (Lipinski definition) is 6. The number of non-ortho nitro benzene ring substituents is 1. The van der Waals surface area contributed by atoms with E-state index in [-0.39, 0.29) is 0 Å². The van der Waals surface area contributed by atoms with Crippen LogP contribution < -0.4 is 0 Å². The van der Waals surface area contributed by atoms with Gasteiger partial charge in [-0.05, 0) is 12.1 Å². The third kappa shape index (κ3) is 5.29. The van der Waals surface area contributed by atoms with Crippen molar-refractivity contribution in [3.63, 3.8) is 0 Å². The van der Waals surface area contributed by atoms with Crippen molar-refractivity contribution >= 4 is 21.8 Å². The van der Waals surface area contributed by atoms with Crippen LogP contribution in [0.25, 0.3) is 0 Å². The van der Waals surface area contributed by atoms with Crippen molar-refractivity contribution in [1.29, 1.82) is 0 Å². The van der Waals surface area contributed by atoms with Gasteiger partial charge >= 0.3 is 12.1 Å². The Bertz CT molecular complexity index is 669. The molecular weight excluding hydrogens is 335 g/mol. The van der Waals surface area contributed by atoms with Crippen molar-refractivity contribution in [3.05, 3.63) is 39.9 Å². The van der Waals surface area contributed by atoms with E-state index in [9.17, 15) is 36.5 Å². The van der Waals surface area contributed by atoms with E-state index < -0.39 is 50.3 Å². The van der Waals surface area contributed by atoms with Crippen LogP contribution in [0.15, 0.2) is 24.3 Å². The molecule has 1 unspecified atom stereocenters. The van der Waals surface area contributed by atoms with E-state index in [2.05, 4.69) is 4.74 Å². The van der Waals surface area contributed by atoms with Crippen LogP contribution in [0.5, 0.6) is 0 Å². The SMILES string of the molecule is O=C(OC(CS(=O)(=O)O)C(F)(F)F)c1ccc([N+](=O)[O-])cc1. The number of esters is 1. The van der Waals surface area contributed by atoms with Crippen molar-refractivity contribution in [3.8, 4) is 0 Å². The highest BCUT2D eigenvalue weighted by molar-refractivity contribution is 7.85. The number of carbonyl (C=O) groups excluding carboxylic acids is 1. The van der Waals surface area contributed by atoms with Crippen LogP contribution in [0.4, 0.5) is 18.9 Å². The van der Waals surface area contributed by atoms with Crippen LogP contribution in [-0.4, -0.2) is 41.9 Å². The Morgan fingerprint density at radius 1 is 1.32 bits per heavy atom. The summed E-state index contributed by atoms with van der Waals surface area (Å²) in [6.45, 7) is 0. The zero-order chi connectivity index (χ0) is 17.1. The summed E-state index contributed by atoms with van der Waals surface area (Å²) in [6, 6.07) is 3.42. The van der Waals surface area contributed by atoms with Gasteiger partial charge in [0.2, 0.25) is 6.10 Å². The second kappa shape index (κ2) is 6.27. The molecule has 0 aliphatic rings. The lowest BCUT2D eigenvalue weighted by molar-refractivity contribution is -0.384. The van der Waals surface area contributed by atoms with Gasteiger partial charge in [-0.2, -0.15) is 21.6 Å². The maximum atomic E-state index is 12.6. The molecule has 0 aliphatic carbocycles. The first kappa shape index (κ1) is 17.8. The van der Waals surface area contributed by atoms with Crippen molar-refractivity contribution in [2.24, 2.45) is 0 Å². The zero-order valence-electron chi connectivity index (χ0n) is 10.5. The molecule has 1 N–H and O–H groups in total. The zero-order valence-corrected chi connectivity index (χ0v) is 11.3. The molecule has 0 fully saturated rings. The summed E-state index contributed by atoms with van der Waals surface area (Å²) in [6.07, 6.45) is -8.28. The average molecular weight is 343 g/mol. The number of hydrogen-bond donors (Lipinski definition) is 1. The second-order valence-electron chi connectivity index (χ2n) is 3.99. The minimum Gasteiger partial charge on any atom is -0.448 e. The van der Waals surface area contributed by atoms with E-state index in [1.807, 2.05) is 0 Å². The monoisotopic (exact) mass is 343 g/mol. The molecule has 0 spiro atoms. The minimum atomic E-state index is -5.22. The fourth-order valence-corrected chi connectivity index (χ4v) is 1.94. The first-order chi connectivity index (χ1) is 9.90. The summed E-state index contributed by atoms with van der Waals surface area (Å²) >= 11 is 0. The van der Waals surface area contributed by atoms with Crippen LogP contribution >= 0.6 is 0 Å². The number of alkyl halides is 3. The standard InChI is InChI=1S/C10H8F3NO7S/c11-10(12,13)8(5-22(18,19)20)21-9(15)6-1-3-7(4-2-6)14(16)17/h1-4,8H,5H2,(H,18,19,20). The molecule has 0 bridgehead atoms. The van der Waals surface area contributed by atoms with Gasteiger partial charge in [-0.15, -0.1) is 0 Å². The molecule has 0 saturated heterocycles. The van der Waals surface area contributed by atoms with Gasteiger partial charge in [0.1, 0.15) is 5.75 Å². The van der Waals surface area contributed by atoms with Crippen LogP contribution in [0.1, 0.15) is 10.4 Å². The summed E-state index contributed by atoms with van der Waals surface area (Å²) in [5, 5.41) is 10.4. The van der Waals surface area contributed by atoms with Gasteiger partial charge < -0.3 is 4.74 Å². The van der Waals surface area contributed by atoms with E-state index in [1.165, 1.54) is 0 Å². The molecular formula is C10H8F3NO7S. The summed E-state index contributed by atoms with van der Waals surface area (Å²) in [4.78, 5) is 21.1. The van der Waals surface area contributed by atoms with E-state index >= 15 is 0 Å². The van der Waals surface area contributed by atoms with Crippen LogP contribution in [0.2, 0.25) is 0 Å². The van der Waals surface area contributed by atoms with Crippen LogP contribution in [0.3, 0.4) is 0 Å². The normalized spacial score (nSPS) is 13.5. The number of carbonyl (C=O) groups is 1. The number of nitro benzene ring substituents is 1. The molecule has 8 nitrogen and oxygen atoms in total. The Kier molecular flexibility index (Phi) is 5.09. The first-order valence-electron chi connectivity index (χ1n) is 5.37. The van der Waals surface area contributed by atoms with Crippen molar-refractivity contribution in [2.75, 3.05) is 5.75 Å². The Morgan fingerprint density at radius 2 is 1.82 bits per heavy atom. The largest absolute Gasteiger partial charge is 0.448 e. The maximum absolute atomic E-state index is 12.6. The van der Waals surface area contributed by atoms with Gasteiger partial charge in [0.05, 0.1) is 10.5 Å². The van der Waals surface area contributed by atoms with Crippen molar-refractivity contribution in [2.45, 2.75) is 12.3 Å². The highest BCUT2D eigenvalue weighted by atomic mass is 32.2. The van der Waals surface area contributed by atoms with Crippen LogP contribution in [-0.2, 0) is 14.9 Å². The molecule has 1 rings (SSSR count). The van der Waals surface area contributed by atoms with E-state index in [4.69, 9.17) is 4.55 Å². The smallest absolute Gasteiger partial charge is 0.426 e. The van der Waals surface area contributed by atoms with Gasteiger partial charge in [0.25, 0.3) is 15.8 Å². The van der Waals surface area contributed by atoms with Gasteiger partial charge in [0, 0.05) is 12.1 Å². The number of nitrogens with zero attached hydrogens (tertiary/aromatic N) is 1. The molecule has 1 aromatic rings. The van der Waals surface area contributed by atoms with Gasteiger partial charge in [-0.3, -0.25) is 14.7 Å². The fraction of sp³-hybridized carbons (Fsp3) is 0.300. The summed E-state index contributed by atoms with van der Waals surface area (Å²) in [5.74, 6) is -3.39. The third-order valence-corrected chi connectivity index (χ3v) is 3.01. The lowest BCUT2D eigenvalue weighted by Crippen LogP contribution is -2.39. The molecule has 0 amide bonds. The van der Waals surface area contributed by atoms with Crippen molar-refractivity contribution in [1.82, 2.24) is 0 Å². The number of benzene rings is 1. The Labute approximate surface area is 121 Å². The molecule has 0 aromatic heterocycles. The Hall–Kier alpha value is -2.21. The number of rotatable bonds is 5. The molecule has 12 heteroatoms. The molecule has 0 heterocycles. The van der Waals surface area contributed by atoms with Gasteiger partial charge in [-0.1, -0.05) is 0 Å². The molecule has 0 aliphatic heterocycles. The third-order valence-electron chi connectivity index (χ3n) is 2.29. The van der Waals surface area contributed by atoms with Crippen LogP contribution in [0, 0.1) is 10.1 Å². The highest BCUT2D eigenvalue weighted by Gasteiger charge is 2.45. The minimum absolute atomic E-state index is 0.401. The highest BCUT2D eigenvalue weighted by Crippen LogP contribution is 2.25. The fourth-order valence-electron chi connectivity index (χ4n) is 1.30. The second-order valence-corrected chi connectivity index (χ2v) is 5.49. The quantitative estimate of drug-likeness (QED) is 0.372. The lowest BCUT2D eigenvalue weighted by atomic mass is 10.2. The number of nitro groups is 1. The predicted molar refractivity (Wildman–Crippen MR) is 64.8 cm³/mol. The predicted octanol–water partition coefficient (Wildman–Crippen LogP) is 1.57. The average Bonchev–Trinajstić information content (AvgIpc) is 2.35. The lowest BCUT2D eigenvalue weighted by Gasteiger charge is -2.19. The summed E-state index contributed by atoms with van der Waals surface area (Å²) in [7, 11) is -5.04. The molecule has 0 saturated carbocycles. The van der Waals surface area contributed by atoms with Gasteiger partial charge in [-0.25, -0.2) is 4.79 Å².